The number of carbonyl (C=O) groups excluding carboxylic acids is 1. The Morgan fingerprint density at radius 1 is 1.35 bits per heavy atom. The number of aromatic nitrogens is 2. The predicted octanol–water partition coefficient (Wildman–Crippen LogP) is -0.506. The maximum absolute atomic E-state index is 12.6. The molecule has 0 radical (unpaired) electrons. The Morgan fingerprint density at radius 3 is 2.81 bits per heavy atom. The predicted molar refractivity (Wildman–Crippen MR) is 93.7 cm³/mol. The van der Waals surface area contributed by atoms with Crippen LogP contribution in [0.15, 0.2) is 12.4 Å². The molecule has 0 saturated carbocycles. The fourth-order valence-electron chi connectivity index (χ4n) is 3.28. The number of amides is 1. The lowest BCUT2D eigenvalue weighted by atomic mass is 9.98. The van der Waals surface area contributed by atoms with Crippen molar-refractivity contribution in [1.82, 2.24) is 19.4 Å². The van der Waals surface area contributed by atoms with Gasteiger partial charge in [0.25, 0.3) is 0 Å². The van der Waals surface area contributed by atoms with E-state index in [1.165, 1.54) is 0 Å². The fraction of sp³-hybridized carbons (Fsp3) is 0.750. The third-order valence-electron chi connectivity index (χ3n) is 4.68. The number of ether oxygens (including phenoxy) is 2. The molecule has 10 heteroatoms. The van der Waals surface area contributed by atoms with Gasteiger partial charge in [-0.05, 0) is 12.8 Å². The van der Waals surface area contributed by atoms with Crippen LogP contribution in [-0.2, 0) is 37.9 Å². The highest BCUT2D eigenvalue weighted by molar-refractivity contribution is 7.89. The zero-order chi connectivity index (χ0) is 18.6. The van der Waals surface area contributed by atoms with Gasteiger partial charge in [-0.3, -0.25) is 9.48 Å². The van der Waals surface area contributed by atoms with E-state index in [2.05, 4.69) is 9.82 Å². The molecule has 2 aliphatic rings. The van der Waals surface area contributed by atoms with Crippen molar-refractivity contribution in [3.05, 3.63) is 18.0 Å². The van der Waals surface area contributed by atoms with Crippen LogP contribution in [0.25, 0.3) is 0 Å². The Morgan fingerprint density at radius 2 is 2.12 bits per heavy atom. The van der Waals surface area contributed by atoms with E-state index in [0.717, 1.165) is 18.4 Å². The summed E-state index contributed by atoms with van der Waals surface area (Å²) < 4.78 is 39.7. The molecule has 1 aromatic rings. The highest BCUT2D eigenvalue weighted by Gasteiger charge is 2.32. The lowest BCUT2D eigenvalue weighted by Crippen LogP contribution is -2.51. The summed E-state index contributed by atoms with van der Waals surface area (Å²) in [6.07, 6.45) is 4.32. The largest absolute Gasteiger partial charge is 0.381 e. The van der Waals surface area contributed by atoms with Crippen LogP contribution in [0.1, 0.15) is 18.4 Å². The molecule has 0 spiro atoms. The number of nitrogens with one attached hydrogen (secondary N) is 1. The van der Waals surface area contributed by atoms with Crippen LogP contribution < -0.4 is 4.72 Å². The Balaban J connectivity index is 1.51. The summed E-state index contributed by atoms with van der Waals surface area (Å²) in [5.74, 6) is -0.102. The van der Waals surface area contributed by atoms with Gasteiger partial charge in [-0.2, -0.15) is 5.10 Å². The minimum absolute atomic E-state index is 0.0252. The van der Waals surface area contributed by atoms with Crippen LogP contribution in [-0.4, -0.2) is 73.8 Å². The second-order valence-corrected chi connectivity index (χ2v) is 8.64. The minimum atomic E-state index is -3.51. The molecule has 3 heterocycles. The molecule has 0 bridgehead atoms. The van der Waals surface area contributed by atoms with Gasteiger partial charge in [-0.15, -0.1) is 0 Å². The second-order valence-electron chi connectivity index (χ2n) is 6.79. The van der Waals surface area contributed by atoms with E-state index in [-0.39, 0.29) is 24.1 Å². The summed E-state index contributed by atoms with van der Waals surface area (Å²) in [7, 11) is -1.74. The Labute approximate surface area is 153 Å². The quantitative estimate of drug-likeness (QED) is 0.707. The van der Waals surface area contributed by atoms with Crippen molar-refractivity contribution in [3.63, 3.8) is 0 Å². The number of rotatable bonds is 6. The molecule has 0 unspecified atom stereocenters. The van der Waals surface area contributed by atoms with Crippen LogP contribution in [0.4, 0.5) is 0 Å². The molecule has 2 fully saturated rings. The number of nitrogens with zero attached hydrogens (tertiary/aromatic N) is 3. The van der Waals surface area contributed by atoms with Crippen LogP contribution >= 0.6 is 0 Å². The van der Waals surface area contributed by atoms with Crippen molar-refractivity contribution in [2.45, 2.75) is 25.5 Å². The lowest BCUT2D eigenvalue weighted by Gasteiger charge is -2.35. The Bertz CT molecular complexity index is 714. The van der Waals surface area contributed by atoms with E-state index in [1.54, 1.807) is 29.0 Å². The molecule has 1 aromatic heterocycles. The highest BCUT2D eigenvalue weighted by Crippen LogP contribution is 2.19. The maximum Gasteiger partial charge on any atom is 0.226 e. The van der Waals surface area contributed by atoms with Crippen molar-refractivity contribution in [3.8, 4) is 0 Å². The van der Waals surface area contributed by atoms with E-state index >= 15 is 0 Å². The normalized spacial score (nSPS) is 22.5. The molecular formula is C16H26N4O5S. The number of aryl methyl sites for hydroxylation is 1. The van der Waals surface area contributed by atoms with Crippen LogP contribution in [0.3, 0.4) is 0 Å². The highest BCUT2D eigenvalue weighted by atomic mass is 32.2. The molecule has 26 heavy (non-hydrogen) atoms. The average molecular weight is 386 g/mol. The minimum Gasteiger partial charge on any atom is -0.381 e. The average Bonchev–Trinajstić information content (AvgIpc) is 3.05. The summed E-state index contributed by atoms with van der Waals surface area (Å²) in [5.41, 5.74) is 0.789. The first-order valence-electron chi connectivity index (χ1n) is 8.86. The molecule has 3 rings (SSSR count). The zero-order valence-electron chi connectivity index (χ0n) is 15.0. The van der Waals surface area contributed by atoms with Gasteiger partial charge in [0.15, 0.2) is 0 Å². The van der Waals surface area contributed by atoms with Gasteiger partial charge >= 0.3 is 0 Å². The topological polar surface area (TPSA) is 103 Å². The summed E-state index contributed by atoms with van der Waals surface area (Å²) in [6.45, 7) is 2.58. The first-order chi connectivity index (χ1) is 12.4. The molecule has 146 valence electrons. The monoisotopic (exact) mass is 386 g/mol. The molecule has 1 N–H and O–H groups in total. The molecule has 0 aliphatic carbocycles. The van der Waals surface area contributed by atoms with E-state index in [4.69, 9.17) is 9.47 Å². The molecule has 1 atom stereocenters. The second kappa shape index (κ2) is 8.47. The van der Waals surface area contributed by atoms with Crippen molar-refractivity contribution in [2.24, 2.45) is 13.0 Å². The van der Waals surface area contributed by atoms with E-state index in [1.807, 2.05) is 0 Å². The summed E-state index contributed by atoms with van der Waals surface area (Å²) >= 11 is 0. The first-order valence-corrected chi connectivity index (χ1v) is 10.5. The van der Waals surface area contributed by atoms with E-state index < -0.39 is 16.1 Å². The zero-order valence-corrected chi connectivity index (χ0v) is 15.8. The Hall–Kier alpha value is -1.49. The molecule has 2 aliphatic heterocycles. The van der Waals surface area contributed by atoms with Crippen molar-refractivity contribution in [2.75, 3.05) is 38.7 Å². The number of sulfonamides is 1. The maximum atomic E-state index is 12.6. The van der Waals surface area contributed by atoms with Gasteiger partial charge in [-0.1, -0.05) is 0 Å². The van der Waals surface area contributed by atoms with Gasteiger partial charge in [0.1, 0.15) is 0 Å². The fourth-order valence-corrected chi connectivity index (χ4v) is 4.48. The van der Waals surface area contributed by atoms with Crippen molar-refractivity contribution in [1.29, 1.82) is 0 Å². The summed E-state index contributed by atoms with van der Waals surface area (Å²) in [6, 6.07) is 0. The van der Waals surface area contributed by atoms with Crippen molar-refractivity contribution < 1.29 is 22.7 Å². The smallest absolute Gasteiger partial charge is 0.226 e. The van der Waals surface area contributed by atoms with Gasteiger partial charge < -0.3 is 14.4 Å². The first kappa shape index (κ1) is 19.3. The number of morpholine rings is 1. The van der Waals surface area contributed by atoms with Crippen LogP contribution in [0.2, 0.25) is 0 Å². The third kappa shape index (κ3) is 5.26. The van der Waals surface area contributed by atoms with Crippen molar-refractivity contribution >= 4 is 15.9 Å². The van der Waals surface area contributed by atoms with E-state index in [0.29, 0.717) is 32.9 Å². The number of hydrogen-bond donors (Lipinski definition) is 1. The van der Waals surface area contributed by atoms with Gasteiger partial charge in [-0.25, -0.2) is 13.1 Å². The van der Waals surface area contributed by atoms with Gasteiger partial charge in [0, 0.05) is 57.6 Å². The summed E-state index contributed by atoms with van der Waals surface area (Å²) in [5, 5.41) is 4.01. The molecule has 1 amide bonds. The summed E-state index contributed by atoms with van der Waals surface area (Å²) in [4.78, 5) is 14.4. The van der Waals surface area contributed by atoms with Crippen LogP contribution in [0.5, 0.6) is 0 Å². The van der Waals surface area contributed by atoms with Crippen LogP contribution in [0, 0.1) is 5.92 Å². The molecule has 0 aromatic carbocycles. The van der Waals surface area contributed by atoms with Gasteiger partial charge in [0.05, 0.1) is 24.7 Å². The standard InChI is InChI=1S/C16H26N4O5S/c1-19-10-13(8-17-19)9-18-26(22,23)12-15-11-20(4-7-25-15)16(21)14-2-5-24-6-3-14/h8,10,14-15,18H,2-7,9,11-12H2,1H3/t15-/m0/s1. The SMILES string of the molecule is Cn1cc(CNS(=O)(=O)C[C@@H]2CN(C(=O)C3CCOCC3)CCO2)cn1. The molecule has 2 saturated heterocycles. The van der Waals surface area contributed by atoms with E-state index in [9.17, 15) is 13.2 Å². The van der Waals surface area contributed by atoms with Gasteiger partial charge in [0.2, 0.25) is 15.9 Å². The number of hydrogen-bond acceptors (Lipinski definition) is 6. The number of carbonyl (C=O) groups is 1. The Kier molecular flexibility index (Phi) is 6.28. The molecule has 9 nitrogen and oxygen atoms in total. The third-order valence-corrected chi connectivity index (χ3v) is 6.08. The lowest BCUT2D eigenvalue weighted by molar-refractivity contribution is -0.145. The molecular weight excluding hydrogens is 360 g/mol.